The number of para-hydroxylation sites is 2. The van der Waals surface area contributed by atoms with Crippen LogP contribution in [-0.2, 0) is 12.4 Å². The number of halogens is 1. The van der Waals surface area contributed by atoms with E-state index in [1.54, 1.807) is 0 Å². The van der Waals surface area contributed by atoms with Gasteiger partial charge < -0.3 is 4.57 Å². The molecule has 2 aliphatic rings. The zero-order valence-electron chi connectivity index (χ0n) is 11.1. The summed E-state index contributed by atoms with van der Waals surface area (Å²) >= 11 is 6.08. The molecule has 4 rings (SSSR count). The Hall–Kier alpha value is -1.02. The van der Waals surface area contributed by atoms with Crippen LogP contribution in [0.4, 0.5) is 0 Å². The molecular formula is C16H19ClN2. The van der Waals surface area contributed by atoms with Gasteiger partial charge in [-0.2, -0.15) is 0 Å². The number of fused-ring (bicyclic) bond motifs is 3. The molecule has 3 heteroatoms. The molecule has 3 unspecified atom stereocenters. The first-order chi connectivity index (χ1) is 9.35. The van der Waals surface area contributed by atoms with Crippen LogP contribution >= 0.6 is 11.6 Å². The quantitative estimate of drug-likeness (QED) is 0.767. The summed E-state index contributed by atoms with van der Waals surface area (Å²) in [5.74, 6) is 4.35. The van der Waals surface area contributed by atoms with Gasteiger partial charge in [-0.1, -0.05) is 18.6 Å². The average Bonchev–Trinajstić information content (AvgIpc) is 3.13. The highest BCUT2D eigenvalue weighted by Crippen LogP contribution is 2.49. The van der Waals surface area contributed by atoms with E-state index in [9.17, 15) is 0 Å². The van der Waals surface area contributed by atoms with Crippen molar-refractivity contribution in [2.75, 3.05) is 0 Å². The van der Waals surface area contributed by atoms with Gasteiger partial charge in [0.15, 0.2) is 0 Å². The molecule has 100 valence electrons. The SMILES string of the molecule is ClCc1nc2ccccc2n1CC1CC2CCC1C2. The van der Waals surface area contributed by atoms with Crippen molar-refractivity contribution in [3.8, 4) is 0 Å². The topological polar surface area (TPSA) is 17.8 Å². The first-order valence-corrected chi connectivity index (χ1v) is 7.88. The number of hydrogen-bond donors (Lipinski definition) is 0. The van der Waals surface area contributed by atoms with Crippen molar-refractivity contribution >= 4 is 22.6 Å². The summed E-state index contributed by atoms with van der Waals surface area (Å²) in [6, 6.07) is 8.41. The van der Waals surface area contributed by atoms with Crippen LogP contribution in [0.25, 0.3) is 11.0 Å². The molecule has 0 aliphatic heterocycles. The summed E-state index contributed by atoms with van der Waals surface area (Å²) in [6.07, 6.45) is 5.79. The Morgan fingerprint density at radius 3 is 2.84 bits per heavy atom. The largest absolute Gasteiger partial charge is 0.327 e. The molecule has 1 aromatic carbocycles. The van der Waals surface area contributed by atoms with Gasteiger partial charge in [-0.05, 0) is 49.1 Å². The maximum Gasteiger partial charge on any atom is 0.124 e. The van der Waals surface area contributed by atoms with E-state index in [0.717, 1.165) is 35.6 Å². The first kappa shape index (κ1) is 11.8. The first-order valence-electron chi connectivity index (χ1n) is 7.35. The van der Waals surface area contributed by atoms with E-state index >= 15 is 0 Å². The van der Waals surface area contributed by atoms with Crippen LogP contribution in [-0.4, -0.2) is 9.55 Å². The average molecular weight is 275 g/mol. The Balaban J connectivity index is 1.70. The van der Waals surface area contributed by atoms with Crippen molar-refractivity contribution in [3.05, 3.63) is 30.1 Å². The number of benzene rings is 1. The fourth-order valence-electron chi connectivity index (χ4n) is 4.27. The number of aromatic nitrogens is 2. The summed E-state index contributed by atoms with van der Waals surface area (Å²) in [7, 11) is 0. The third-order valence-corrected chi connectivity index (χ3v) is 5.39. The van der Waals surface area contributed by atoms with Crippen molar-refractivity contribution in [2.24, 2.45) is 17.8 Å². The van der Waals surface area contributed by atoms with Crippen molar-refractivity contribution in [1.82, 2.24) is 9.55 Å². The van der Waals surface area contributed by atoms with Gasteiger partial charge in [-0.15, -0.1) is 11.6 Å². The molecule has 19 heavy (non-hydrogen) atoms. The van der Waals surface area contributed by atoms with Crippen molar-refractivity contribution < 1.29 is 0 Å². The van der Waals surface area contributed by atoms with Gasteiger partial charge in [0.1, 0.15) is 5.82 Å². The van der Waals surface area contributed by atoms with Crippen LogP contribution in [0, 0.1) is 17.8 Å². The van der Waals surface area contributed by atoms with Crippen LogP contribution in [0.5, 0.6) is 0 Å². The van der Waals surface area contributed by atoms with Gasteiger partial charge in [0.05, 0.1) is 16.9 Å². The molecule has 0 saturated heterocycles. The lowest BCUT2D eigenvalue weighted by molar-refractivity contribution is 0.296. The van der Waals surface area contributed by atoms with E-state index < -0.39 is 0 Å². The van der Waals surface area contributed by atoms with E-state index in [4.69, 9.17) is 11.6 Å². The fraction of sp³-hybridized carbons (Fsp3) is 0.562. The van der Waals surface area contributed by atoms with Gasteiger partial charge in [-0.3, -0.25) is 0 Å². The second-order valence-corrected chi connectivity index (χ2v) is 6.46. The summed E-state index contributed by atoms with van der Waals surface area (Å²) in [5.41, 5.74) is 2.34. The molecule has 2 aliphatic carbocycles. The summed E-state index contributed by atoms with van der Waals surface area (Å²) in [6.45, 7) is 1.11. The number of alkyl halides is 1. The minimum absolute atomic E-state index is 0.509. The highest BCUT2D eigenvalue weighted by Gasteiger charge is 2.39. The maximum absolute atomic E-state index is 6.08. The van der Waals surface area contributed by atoms with Crippen LogP contribution in [0.1, 0.15) is 31.5 Å². The van der Waals surface area contributed by atoms with Gasteiger partial charge in [-0.25, -0.2) is 4.98 Å². The molecule has 3 atom stereocenters. The Kier molecular flexibility index (Phi) is 2.80. The van der Waals surface area contributed by atoms with Crippen molar-refractivity contribution in [3.63, 3.8) is 0 Å². The van der Waals surface area contributed by atoms with Gasteiger partial charge in [0.25, 0.3) is 0 Å². The maximum atomic E-state index is 6.08. The molecule has 1 heterocycles. The standard InChI is InChI=1S/C16H19ClN2/c17-9-16-18-14-3-1-2-4-15(14)19(16)10-13-8-11-5-6-12(13)7-11/h1-4,11-13H,5-10H2. The molecule has 2 nitrogen and oxygen atoms in total. The van der Waals surface area contributed by atoms with Gasteiger partial charge >= 0.3 is 0 Å². The Bertz CT molecular complexity index is 604. The van der Waals surface area contributed by atoms with Gasteiger partial charge in [0.2, 0.25) is 0 Å². The minimum Gasteiger partial charge on any atom is -0.327 e. The van der Waals surface area contributed by atoms with Crippen LogP contribution in [0.15, 0.2) is 24.3 Å². The smallest absolute Gasteiger partial charge is 0.124 e. The molecule has 0 radical (unpaired) electrons. The second kappa shape index (κ2) is 4.52. The zero-order chi connectivity index (χ0) is 12.8. The number of rotatable bonds is 3. The summed E-state index contributed by atoms with van der Waals surface area (Å²) < 4.78 is 2.37. The fourth-order valence-corrected chi connectivity index (χ4v) is 4.47. The molecule has 0 N–H and O–H groups in total. The summed E-state index contributed by atoms with van der Waals surface area (Å²) in [4.78, 5) is 4.67. The Labute approximate surface area is 118 Å². The lowest BCUT2D eigenvalue weighted by Gasteiger charge is -2.23. The third kappa shape index (κ3) is 1.88. The lowest BCUT2D eigenvalue weighted by Crippen LogP contribution is -2.18. The minimum atomic E-state index is 0.509. The van der Waals surface area contributed by atoms with E-state index in [2.05, 4.69) is 33.8 Å². The van der Waals surface area contributed by atoms with E-state index in [-0.39, 0.29) is 0 Å². The van der Waals surface area contributed by atoms with E-state index in [1.165, 1.54) is 31.2 Å². The Morgan fingerprint density at radius 2 is 2.11 bits per heavy atom. The molecule has 0 spiro atoms. The lowest BCUT2D eigenvalue weighted by atomic mass is 9.89. The molecule has 1 aromatic heterocycles. The van der Waals surface area contributed by atoms with Crippen molar-refractivity contribution in [2.45, 2.75) is 38.1 Å². The Morgan fingerprint density at radius 1 is 1.21 bits per heavy atom. The predicted octanol–water partition coefficient (Wildman–Crippen LogP) is 4.21. The zero-order valence-corrected chi connectivity index (χ0v) is 11.8. The van der Waals surface area contributed by atoms with Crippen molar-refractivity contribution in [1.29, 1.82) is 0 Å². The van der Waals surface area contributed by atoms with Crippen LogP contribution in [0.3, 0.4) is 0 Å². The highest BCUT2D eigenvalue weighted by atomic mass is 35.5. The van der Waals surface area contributed by atoms with E-state index in [0.29, 0.717) is 5.88 Å². The molecule has 2 aromatic rings. The number of hydrogen-bond acceptors (Lipinski definition) is 1. The third-order valence-electron chi connectivity index (χ3n) is 5.15. The molecule has 2 bridgehead atoms. The summed E-state index contributed by atoms with van der Waals surface area (Å²) in [5, 5.41) is 0. The molecule has 2 saturated carbocycles. The monoisotopic (exact) mass is 274 g/mol. The van der Waals surface area contributed by atoms with Crippen LogP contribution in [0.2, 0.25) is 0 Å². The predicted molar refractivity (Wildman–Crippen MR) is 78.2 cm³/mol. The van der Waals surface area contributed by atoms with Gasteiger partial charge in [0, 0.05) is 6.54 Å². The molecule has 0 amide bonds. The normalized spacial score (nSPS) is 29.4. The molecule has 2 fully saturated rings. The molecular weight excluding hydrogens is 256 g/mol. The van der Waals surface area contributed by atoms with Crippen LogP contribution < -0.4 is 0 Å². The van der Waals surface area contributed by atoms with E-state index in [1.807, 2.05) is 0 Å². The highest BCUT2D eigenvalue weighted by molar-refractivity contribution is 6.16. The number of nitrogens with zero attached hydrogens (tertiary/aromatic N) is 2. The number of imidazole rings is 1. The second-order valence-electron chi connectivity index (χ2n) is 6.20.